The van der Waals surface area contributed by atoms with Crippen molar-refractivity contribution < 1.29 is 14.0 Å². The molecule has 3 aromatic rings. The number of thioether (sulfide) groups is 1. The summed E-state index contributed by atoms with van der Waals surface area (Å²) >= 11 is 1.21. The molecule has 1 aliphatic rings. The summed E-state index contributed by atoms with van der Waals surface area (Å²) in [7, 11) is 0. The van der Waals surface area contributed by atoms with Crippen molar-refractivity contribution in [1.29, 1.82) is 5.26 Å². The number of amides is 2. The average molecular weight is 485 g/mol. The van der Waals surface area contributed by atoms with Gasteiger partial charge >= 0.3 is 0 Å². The van der Waals surface area contributed by atoms with Crippen LogP contribution in [0.1, 0.15) is 24.2 Å². The maximum Gasteiger partial charge on any atom is 0.254 e. The fourth-order valence-corrected chi connectivity index (χ4v) is 4.72. The first-order valence-corrected chi connectivity index (χ1v) is 12.0. The number of aryl methyl sites for hydroxylation is 1. The first-order valence-electron chi connectivity index (χ1n) is 11.0. The second-order valence-corrected chi connectivity index (χ2v) is 8.92. The molecule has 2 amide bonds. The van der Waals surface area contributed by atoms with Gasteiger partial charge in [-0.05, 0) is 49.7 Å². The number of carbonyl (C=O) groups excluding carboxylic acids is 2. The Bertz CT molecular complexity index is 1340. The summed E-state index contributed by atoms with van der Waals surface area (Å²) in [6.45, 7) is 3.70. The van der Waals surface area contributed by atoms with Gasteiger partial charge in [0, 0.05) is 17.1 Å². The van der Waals surface area contributed by atoms with Gasteiger partial charge in [0.25, 0.3) is 5.91 Å². The Morgan fingerprint density at radius 3 is 2.46 bits per heavy atom. The van der Waals surface area contributed by atoms with Crippen LogP contribution in [-0.2, 0) is 9.59 Å². The number of nitrogens with zero attached hydrogens (tertiary/aromatic N) is 1. The van der Waals surface area contributed by atoms with Gasteiger partial charge in [-0.2, -0.15) is 5.26 Å². The number of dihydropyridines is 1. The lowest BCUT2D eigenvalue weighted by atomic mass is 9.85. The number of benzene rings is 2. The molecule has 176 valence electrons. The third kappa shape index (κ3) is 5.48. The van der Waals surface area contributed by atoms with Crippen LogP contribution >= 0.6 is 11.8 Å². The average Bonchev–Trinajstić information content (AvgIpc) is 3.39. The monoisotopic (exact) mass is 484 g/mol. The summed E-state index contributed by atoms with van der Waals surface area (Å²) in [5, 5.41) is 19.6. The molecule has 0 unspecified atom stereocenters. The molecular formula is C27H24N4O3S. The Morgan fingerprint density at radius 1 is 1.03 bits per heavy atom. The molecule has 8 heteroatoms. The third-order valence-electron chi connectivity index (χ3n) is 5.52. The Labute approximate surface area is 207 Å². The summed E-state index contributed by atoms with van der Waals surface area (Å²) in [5.41, 5.74) is 3.64. The molecule has 2 heterocycles. The van der Waals surface area contributed by atoms with Gasteiger partial charge in [-0.25, -0.2) is 0 Å². The van der Waals surface area contributed by atoms with E-state index in [0.29, 0.717) is 33.3 Å². The normalized spacial score (nSPS) is 15.3. The summed E-state index contributed by atoms with van der Waals surface area (Å²) in [4.78, 5) is 25.9. The van der Waals surface area contributed by atoms with Gasteiger partial charge in [0.1, 0.15) is 5.76 Å². The number of anilines is 2. The lowest BCUT2D eigenvalue weighted by molar-refractivity contribution is -0.114. The standard InChI is InChI=1S/C27H24N4O3S/c1-17-9-6-7-12-21(17)31-23(32)16-35-27-20(15-28)25(22-13-8-14-34-22)24(18(2)29-27)26(33)30-19-10-4-3-5-11-19/h3-14,25,29H,16H2,1-2H3,(H,30,33)(H,31,32)/t25-/m0/s1. The Hall–Kier alpha value is -4.22. The Kier molecular flexibility index (Phi) is 7.38. The second kappa shape index (κ2) is 10.8. The van der Waals surface area contributed by atoms with E-state index in [1.165, 1.54) is 18.0 Å². The number of carbonyl (C=O) groups is 2. The molecule has 0 spiro atoms. The maximum atomic E-state index is 13.3. The molecule has 7 nitrogen and oxygen atoms in total. The highest BCUT2D eigenvalue weighted by atomic mass is 32.2. The molecule has 0 fully saturated rings. The van der Waals surface area contributed by atoms with Gasteiger partial charge in [-0.1, -0.05) is 48.2 Å². The van der Waals surface area contributed by atoms with E-state index >= 15 is 0 Å². The summed E-state index contributed by atoms with van der Waals surface area (Å²) < 4.78 is 5.63. The number of para-hydroxylation sites is 2. The van der Waals surface area contributed by atoms with Crippen LogP contribution in [0.4, 0.5) is 11.4 Å². The van der Waals surface area contributed by atoms with Crippen molar-refractivity contribution in [2.24, 2.45) is 0 Å². The first kappa shape index (κ1) is 23.9. The topological polar surface area (TPSA) is 107 Å². The van der Waals surface area contributed by atoms with Crippen LogP contribution in [-0.4, -0.2) is 17.6 Å². The number of allylic oxidation sites excluding steroid dienone is 2. The van der Waals surface area contributed by atoms with Gasteiger partial charge in [-0.3, -0.25) is 9.59 Å². The fraction of sp³-hybridized carbons (Fsp3) is 0.148. The summed E-state index contributed by atoms with van der Waals surface area (Å²) in [6, 6.07) is 22.3. The van der Waals surface area contributed by atoms with Gasteiger partial charge in [-0.15, -0.1) is 0 Å². The van der Waals surface area contributed by atoms with E-state index in [1.54, 1.807) is 31.2 Å². The van der Waals surface area contributed by atoms with E-state index in [4.69, 9.17) is 4.42 Å². The Balaban J connectivity index is 1.58. The van der Waals surface area contributed by atoms with Crippen LogP contribution in [0.2, 0.25) is 0 Å². The molecule has 0 aliphatic carbocycles. The number of hydrogen-bond acceptors (Lipinski definition) is 6. The van der Waals surface area contributed by atoms with E-state index in [1.807, 2.05) is 49.4 Å². The number of hydrogen-bond donors (Lipinski definition) is 3. The van der Waals surface area contributed by atoms with Crippen molar-refractivity contribution in [2.75, 3.05) is 16.4 Å². The van der Waals surface area contributed by atoms with E-state index < -0.39 is 5.92 Å². The van der Waals surface area contributed by atoms with Crippen molar-refractivity contribution in [1.82, 2.24) is 5.32 Å². The van der Waals surface area contributed by atoms with Gasteiger partial charge in [0.15, 0.2) is 0 Å². The van der Waals surface area contributed by atoms with Gasteiger partial charge in [0.05, 0.1) is 40.2 Å². The second-order valence-electron chi connectivity index (χ2n) is 7.94. The largest absolute Gasteiger partial charge is 0.468 e. The summed E-state index contributed by atoms with van der Waals surface area (Å²) in [5.74, 6) is -0.674. The Morgan fingerprint density at radius 2 is 1.77 bits per heavy atom. The van der Waals surface area contributed by atoms with Crippen LogP contribution in [0.15, 0.2) is 99.3 Å². The number of furan rings is 1. The smallest absolute Gasteiger partial charge is 0.254 e. The maximum absolute atomic E-state index is 13.3. The van der Waals surface area contributed by atoms with E-state index in [2.05, 4.69) is 22.0 Å². The lowest BCUT2D eigenvalue weighted by Gasteiger charge is -2.28. The van der Waals surface area contributed by atoms with E-state index in [9.17, 15) is 14.9 Å². The molecular weight excluding hydrogens is 460 g/mol. The van der Waals surface area contributed by atoms with Gasteiger partial charge < -0.3 is 20.4 Å². The predicted molar refractivity (Wildman–Crippen MR) is 137 cm³/mol. The highest BCUT2D eigenvalue weighted by Gasteiger charge is 2.36. The molecule has 0 bridgehead atoms. The lowest BCUT2D eigenvalue weighted by Crippen LogP contribution is -2.31. The minimum atomic E-state index is -0.707. The van der Waals surface area contributed by atoms with Crippen LogP contribution in [0.3, 0.4) is 0 Å². The molecule has 35 heavy (non-hydrogen) atoms. The molecule has 2 aromatic carbocycles. The van der Waals surface area contributed by atoms with Crippen molar-refractivity contribution >= 4 is 35.0 Å². The van der Waals surface area contributed by atoms with E-state index in [0.717, 1.165) is 11.3 Å². The quantitative estimate of drug-likeness (QED) is 0.420. The minimum Gasteiger partial charge on any atom is -0.468 e. The van der Waals surface area contributed by atoms with Crippen LogP contribution < -0.4 is 16.0 Å². The zero-order chi connectivity index (χ0) is 24.8. The highest BCUT2D eigenvalue weighted by Crippen LogP contribution is 2.41. The van der Waals surface area contributed by atoms with Crippen molar-refractivity contribution in [3.8, 4) is 6.07 Å². The van der Waals surface area contributed by atoms with Crippen LogP contribution in [0.5, 0.6) is 0 Å². The SMILES string of the molecule is CC1=C(C(=O)Nc2ccccc2)[C@H](c2ccco2)C(C#N)=C(SCC(=O)Nc2ccccc2C)N1. The van der Waals surface area contributed by atoms with Crippen molar-refractivity contribution in [3.63, 3.8) is 0 Å². The molecule has 0 radical (unpaired) electrons. The minimum absolute atomic E-state index is 0.0888. The third-order valence-corrected chi connectivity index (χ3v) is 6.54. The van der Waals surface area contributed by atoms with Crippen LogP contribution in [0.25, 0.3) is 0 Å². The molecule has 0 saturated carbocycles. The van der Waals surface area contributed by atoms with Crippen molar-refractivity contribution in [2.45, 2.75) is 19.8 Å². The molecule has 3 N–H and O–H groups in total. The van der Waals surface area contributed by atoms with Gasteiger partial charge in [0.2, 0.25) is 5.91 Å². The molecule has 1 aliphatic heterocycles. The zero-order valence-corrected chi connectivity index (χ0v) is 20.1. The molecule has 0 saturated heterocycles. The van der Waals surface area contributed by atoms with Crippen molar-refractivity contribution in [3.05, 3.63) is 106 Å². The molecule has 1 aromatic heterocycles. The predicted octanol–water partition coefficient (Wildman–Crippen LogP) is 5.29. The summed E-state index contributed by atoms with van der Waals surface area (Å²) in [6.07, 6.45) is 1.51. The molecule has 1 atom stereocenters. The number of nitriles is 1. The number of rotatable bonds is 7. The first-order chi connectivity index (χ1) is 17.0. The highest BCUT2D eigenvalue weighted by molar-refractivity contribution is 8.03. The zero-order valence-electron chi connectivity index (χ0n) is 19.3. The van der Waals surface area contributed by atoms with Crippen LogP contribution in [0, 0.1) is 18.3 Å². The molecule has 4 rings (SSSR count). The number of nitrogens with one attached hydrogen (secondary N) is 3. The fourth-order valence-electron chi connectivity index (χ4n) is 3.82. The van der Waals surface area contributed by atoms with E-state index in [-0.39, 0.29) is 17.6 Å².